The lowest BCUT2D eigenvalue weighted by Crippen LogP contribution is -1.93. The van der Waals surface area contributed by atoms with Gasteiger partial charge in [0.25, 0.3) is 0 Å². The van der Waals surface area contributed by atoms with Crippen molar-refractivity contribution < 1.29 is 8.83 Å². The molecule has 17 rings (SSSR count). The quantitative estimate of drug-likeness (QED) is 0.176. The van der Waals surface area contributed by atoms with Gasteiger partial charge in [0.1, 0.15) is 22.3 Å². The zero-order valence-corrected chi connectivity index (χ0v) is 39.9. The molecule has 0 spiro atoms. The second-order valence-electron chi connectivity index (χ2n) is 19.5. The normalized spacial score (nSPS) is 12.4. The summed E-state index contributed by atoms with van der Waals surface area (Å²) < 4.78 is 20.3. The molecule has 0 aliphatic rings. The van der Waals surface area contributed by atoms with Crippen molar-refractivity contribution >= 4 is 141 Å². The number of furan rings is 2. The molecule has 0 saturated heterocycles. The maximum Gasteiger partial charge on any atom is 0.135 e. The van der Waals surface area contributed by atoms with Gasteiger partial charge in [-0.15, -0.1) is 11.3 Å². The summed E-state index contributed by atoms with van der Waals surface area (Å²) in [6, 6.07) is 84.5. The molecule has 0 amide bonds. The van der Waals surface area contributed by atoms with Crippen molar-refractivity contribution in [1.29, 1.82) is 0 Å². The Bertz CT molecular complexity index is 4880. The van der Waals surface area contributed by atoms with Crippen LogP contribution >= 0.6 is 11.3 Å². The van der Waals surface area contributed by atoms with E-state index in [2.05, 4.69) is 228 Å². The summed E-state index contributed by atoms with van der Waals surface area (Å²) in [7, 11) is 0. The Hall–Kier alpha value is -9.42. The summed E-state index contributed by atoms with van der Waals surface area (Å²) in [5.74, 6) is 0. The molecule has 17 aromatic rings. The van der Waals surface area contributed by atoms with Crippen molar-refractivity contribution in [2.45, 2.75) is 0 Å². The molecule has 0 radical (unpaired) electrons. The number of aromatic nitrogens is 2. The topological polar surface area (TPSA) is 36.1 Å². The summed E-state index contributed by atoms with van der Waals surface area (Å²) in [5, 5.41) is 16.8. The van der Waals surface area contributed by atoms with Gasteiger partial charge in [0.05, 0.1) is 22.1 Å². The number of nitrogens with zero attached hydrogens (tertiary/aromatic N) is 2. The third kappa shape index (κ3) is 5.49. The monoisotopic (exact) mass is 946 g/mol. The molecule has 5 heterocycles. The second kappa shape index (κ2) is 14.6. The average Bonchev–Trinajstić information content (AvgIpc) is 4.28. The van der Waals surface area contributed by atoms with Gasteiger partial charge in [0, 0.05) is 85.4 Å². The van der Waals surface area contributed by atoms with Crippen LogP contribution in [-0.2, 0) is 0 Å². The molecule has 0 fully saturated rings. The highest BCUT2D eigenvalue weighted by Gasteiger charge is 2.24. The van der Waals surface area contributed by atoms with Crippen LogP contribution in [0.3, 0.4) is 0 Å². The molecule has 0 atom stereocenters. The van der Waals surface area contributed by atoms with Gasteiger partial charge in [-0.2, -0.15) is 0 Å². The van der Waals surface area contributed by atoms with Gasteiger partial charge in [-0.3, -0.25) is 0 Å². The number of benzene rings is 12. The second-order valence-corrected chi connectivity index (χ2v) is 20.5. The summed E-state index contributed by atoms with van der Waals surface area (Å²) in [5.41, 5.74) is 15.3. The minimum absolute atomic E-state index is 0.890. The molecule has 338 valence electrons. The standard InChI is InChI=1S/C68H38N2O2S/c1-3-15-41(16-4-1)69-59-23-11-7-19-43(59)51-35-55-49(37-61(51)69)47(39-27-29-65-53(31-39)45-21-9-13-25-63(45)71-65)33-57-58-34-48(40-28-30-66-54(32-40)46-22-10-14-26-64(46)72-66)50-38-62-52(36-56(50)68(58)73-67(55)57)44-20-8-12-24-60(44)70(62)42-17-5-2-6-18-42/h1-38H. The molecule has 0 saturated carbocycles. The van der Waals surface area contributed by atoms with E-state index in [0.29, 0.717) is 0 Å². The fraction of sp³-hybridized carbons (Fsp3) is 0. The molecule has 0 N–H and O–H groups in total. The van der Waals surface area contributed by atoms with Crippen LogP contribution in [0.2, 0.25) is 0 Å². The van der Waals surface area contributed by atoms with Crippen LogP contribution in [0.15, 0.2) is 239 Å². The van der Waals surface area contributed by atoms with Crippen LogP contribution in [-0.4, -0.2) is 9.13 Å². The molecule has 0 aliphatic carbocycles. The van der Waals surface area contributed by atoms with Crippen LogP contribution in [0.4, 0.5) is 0 Å². The highest BCUT2D eigenvalue weighted by Crippen LogP contribution is 2.51. The summed E-state index contributed by atoms with van der Waals surface area (Å²) >= 11 is 1.93. The molecule has 5 heteroatoms. The molecule has 12 aromatic carbocycles. The van der Waals surface area contributed by atoms with Crippen molar-refractivity contribution in [2.24, 2.45) is 0 Å². The third-order valence-electron chi connectivity index (χ3n) is 15.7. The van der Waals surface area contributed by atoms with Crippen LogP contribution < -0.4 is 0 Å². The van der Waals surface area contributed by atoms with Gasteiger partial charge in [0.15, 0.2) is 0 Å². The maximum atomic E-state index is 6.42. The highest BCUT2D eigenvalue weighted by atomic mass is 32.1. The number of thiophene rings is 1. The predicted molar refractivity (Wildman–Crippen MR) is 308 cm³/mol. The van der Waals surface area contributed by atoms with Crippen LogP contribution in [0.25, 0.3) is 163 Å². The first-order valence-corrected chi connectivity index (χ1v) is 25.7. The van der Waals surface area contributed by atoms with Crippen LogP contribution in [0.1, 0.15) is 0 Å². The van der Waals surface area contributed by atoms with E-state index < -0.39 is 0 Å². The third-order valence-corrected chi connectivity index (χ3v) is 16.9. The van der Waals surface area contributed by atoms with Crippen molar-refractivity contribution in [3.63, 3.8) is 0 Å². The van der Waals surface area contributed by atoms with E-state index in [0.717, 1.165) is 66.4 Å². The fourth-order valence-electron chi connectivity index (χ4n) is 12.4. The molecular weight excluding hydrogens is 909 g/mol. The molecule has 73 heavy (non-hydrogen) atoms. The number of para-hydroxylation sites is 6. The Kier molecular flexibility index (Phi) is 7.85. The lowest BCUT2D eigenvalue weighted by molar-refractivity contribution is 0.668. The van der Waals surface area contributed by atoms with Gasteiger partial charge < -0.3 is 18.0 Å². The summed E-state index contributed by atoms with van der Waals surface area (Å²) in [6.45, 7) is 0. The Morgan fingerprint density at radius 3 is 1.10 bits per heavy atom. The van der Waals surface area contributed by atoms with Crippen molar-refractivity contribution in [3.8, 4) is 33.6 Å². The van der Waals surface area contributed by atoms with Crippen molar-refractivity contribution in [2.75, 3.05) is 0 Å². The van der Waals surface area contributed by atoms with E-state index in [-0.39, 0.29) is 0 Å². The lowest BCUT2D eigenvalue weighted by atomic mass is 9.91. The van der Waals surface area contributed by atoms with E-state index in [1.165, 1.54) is 96.5 Å². The number of rotatable bonds is 4. The lowest BCUT2D eigenvalue weighted by Gasteiger charge is -2.13. The van der Waals surface area contributed by atoms with E-state index in [4.69, 9.17) is 8.83 Å². The van der Waals surface area contributed by atoms with Crippen LogP contribution in [0, 0.1) is 0 Å². The molecule has 5 aromatic heterocycles. The summed E-state index contributed by atoms with van der Waals surface area (Å²) in [4.78, 5) is 0. The Labute approximate surface area is 420 Å². The Morgan fingerprint density at radius 2 is 0.630 bits per heavy atom. The summed E-state index contributed by atoms with van der Waals surface area (Å²) in [6.07, 6.45) is 0. The van der Waals surface area contributed by atoms with E-state index in [9.17, 15) is 0 Å². The van der Waals surface area contributed by atoms with Crippen molar-refractivity contribution in [3.05, 3.63) is 231 Å². The fourth-order valence-corrected chi connectivity index (χ4v) is 13.7. The van der Waals surface area contributed by atoms with Crippen molar-refractivity contribution in [1.82, 2.24) is 9.13 Å². The Balaban J connectivity index is 1.05. The van der Waals surface area contributed by atoms with Crippen LogP contribution in [0.5, 0.6) is 0 Å². The number of hydrogen-bond acceptors (Lipinski definition) is 3. The first-order valence-electron chi connectivity index (χ1n) is 24.9. The van der Waals surface area contributed by atoms with E-state index in [1.54, 1.807) is 0 Å². The Morgan fingerprint density at radius 1 is 0.247 bits per heavy atom. The first-order chi connectivity index (χ1) is 36.2. The van der Waals surface area contributed by atoms with Gasteiger partial charge in [-0.1, -0.05) is 121 Å². The highest BCUT2D eigenvalue weighted by molar-refractivity contribution is 7.27. The van der Waals surface area contributed by atoms with Gasteiger partial charge >= 0.3 is 0 Å². The zero-order valence-electron chi connectivity index (χ0n) is 39.1. The van der Waals surface area contributed by atoms with Gasteiger partial charge in [-0.25, -0.2) is 0 Å². The SMILES string of the molecule is c1ccc(-n2c3ccccc3c3cc4c(cc32)c(-c2ccc3oc5ccccc5c3c2)cc2c3cc(-c5ccc6oc7ccccc7c6c5)c5cc6c(cc5c3sc42)c2ccccc2n6-c2ccccc2)cc1. The number of fused-ring (bicyclic) bond motifs is 19. The molecule has 4 nitrogen and oxygen atoms in total. The number of hydrogen-bond donors (Lipinski definition) is 0. The molecular formula is C68H38N2O2S. The maximum absolute atomic E-state index is 6.42. The van der Waals surface area contributed by atoms with Gasteiger partial charge in [-0.05, 0) is 142 Å². The first kappa shape index (κ1) is 39.3. The molecule has 0 unspecified atom stereocenters. The molecule has 0 bridgehead atoms. The van der Waals surface area contributed by atoms with E-state index in [1.807, 2.05) is 23.5 Å². The van der Waals surface area contributed by atoms with E-state index >= 15 is 0 Å². The smallest absolute Gasteiger partial charge is 0.135 e. The predicted octanol–water partition coefficient (Wildman–Crippen LogP) is 19.7. The average molecular weight is 947 g/mol. The largest absolute Gasteiger partial charge is 0.456 e. The zero-order chi connectivity index (χ0) is 47.5. The minimum atomic E-state index is 0.890. The molecule has 0 aliphatic heterocycles. The minimum Gasteiger partial charge on any atom is -0.456 e. The van der Waals surface area contributed by atoms with Gasteiger partial charge in [0.2, 0.25) is 0 Å².